The van der Waals surface area contributed by atoms with Crippen molar-refractivity contribution >= 4 is 5.91 Å². The maximum Gasteiger partial charge on any atom is 0.222 e. The summed E-state index contributed by atoms with van der Waals surface area (Å²) in [5.74, 6) is 0.243. The molecule has 0 radical (unpaired) electrons. The molecule has 1 aromatic carbocycles. The zero-order chi connectivity index (χ0) is 14.9. The van der Waals surface area contributed by atoms with Crippen LogP contribution in [-0.2, 0) is 16.0 Å². The molecule has 21 heavy (non-hydrogen) atoms. The second-order valence-corrected chi connectivity index (χ2v) is 5.66. The average molecular weight is 291 g/mol. The van der Waals surface area contributed by atoms with Crippen molar-refractivity contribution in [1.82, 2.24) is 4.90 Å². The molecule has 0 spiro atoms. The van der Waals surface area contributed by atoms with Crippen molar-refractivity contribution in [2.24, 2.45) is 5.92 Å². The van der Waals surface area contributed by atoms with Crippen LogP contribution in [0.2, 0.25) is 0 Å². The van der Waals surface area contributed by atoms with Gasteiger partial charge in [-0.1, -0.05) is 30.3 Å². The van der Waals surface area contributed by atoms with E-state index in [-0.39, 0.29) is 18.4 Å². The number of ether oxygens (including phenoxy) is 1. The molecule has 4 nitrogen and oxygen atoms in total. The Bertz CT molecular complexity index is 421. The predicted molar refractivity (Wildman–Crippen MR) is 82.0 cm³/mol. The Morgan fingerprint density at radius 2 is 2.10 bits per heavy atom. The van der Waals surface area contributed by atoms with Gasteiger partial charge in [0.05, 0.1) is 13.2 Å². The van der Waals surface area contributed by atoms with E-state index in [0.717, 1.165) is 19.3 Å². The minimum atomic E-state index is 0.0563. The second kappa shape index (κ2) is 8.80. The first kappa shape index (κ1) is 16.0. The summed E-state index contributed by atoms with van der Waals surface area (Å²) < 4.78 is 5.41. The van der Waals surface area contributed by atoms with Crippen molar-refractivity contribution in [1.29, 1.82) is 0 Å². The minimum absolute atomic E-state index is 0.0563. The van der Waals surface area contributed by atoms with E-state index < -0.39 is 0 Å². The molecule has 2 rings (SSSR count). The van der Waals surface area contributed by atoms with Gasteiger partial charge >= 0.3 is 0 Å². The molecular formula is C17H25NO3. The monoisotopic (exact) mass is 291 g/mol. The summed E-state index contributed by atoms with van der Waals surface area (Å²) in [5, 5.41) is 9.24. The lowest BCUT2D eigenvalue weighted by Crippen LogP contribution is -2.36. The number of rotatable bonds is 6. The van der Waals surface area contributed by atoms with Crippen molar-refractivity contribution in [3.8, 4) is 0 Å². The first-order valence-corrected chi connectivity index (χ1v) is 7.80. The van der Waals surface area contributed by atoms with Crippen LogP contribution < -0.4 is 0 Å². The number of nitrogens with zero attached hydrogens (tertiary/aromatic N) is 1. The molecule has 0 unspecified atom stereocenters. The molecule has 0 saturated carbocycles. The first-order valence-electron chi connectivity index (χ1n) is 7.80. The summed E-state index contributed by atoms with van der Waals surface area (Å²) in [4.78, 5) is 14.1. The fourth-order valence-electron chi connectivity index (χ4n) is 2.63. The third-order valence-electron chi connectivity index (χ3n) is 3.90. The molecule has 1 aromatic rings. The van der Waals surface area contributed by atoms with Gasteiger partial charge in [-0.2, -0.15) is 0 Å². The number of carbonyl (C=O) groups excluding carboxylic acids is 1. The molecule has 1 N–H and O–H groups in total. The van der Waals surface area contributed by atoms with Crippen LogP contribution in [-0.4, -0.2) is 48.8 Å². The van der Waals surface area contributed by atoms with Crippen LogP contribution in [0.1, 0.15) is 24.8 Å². The van der Waals surface area contributed by atoms with Crippen LogP contribution in [0.3, 0.4) is 0 Å². The number of hydrogen-bond acceptors (Lipinski definition) is 3. The number of aryl methyl sites for hydroxylation is 1. The van der Waals surface area contributed by atoms with Crippen molar-refractivity contribution in [2.45, 2.75) is 25.7 Å². The second-order valence-electron chi connectivity index (χ2n) is 5.66. The molecule has 1 aliphatic heterocycles. The lowest BCUT2D eigenvalue weighted by Gasteiger charge is -2.22. The predicted octanol–water partition coefficient (Wildman–Crippen LogP) is 1.87. The molecule has 4 heteroatoms. The summed E-state index contributed by atoms with van der Waals surface area (Å²) in [7, 11) is 0. The lowest BCUT2D eigenvalue weighted by atomic mass is 10.1. The zero-order valence-electron chi connectivity index (χ0n) is 12.5. The Morgan fingerprint density at radius 1 is 1.29 bits per heavy atom. The molecular weight excluding hydrogens is 266 g/mol. The fourth-order valence-corrected chi connectivity index (χ4v) is 2.63. The summed E-state index contributed by atoms with van der Waals surface area (Å²) >= 11 is 0. The standard InChI is InChI=1S/C17H25NO3/c19-13-16-12-18(10-11-21-14-16)17(20)9-5-4-8-15-6-2-1-3-7-15/h1-3,6-7,16,19H,4-5,8-14H2/t16-/m0/s1. The van der Waals surface area contributed by atoms with Crippen LogP contribution in [0.4, 0.5) is 0 Å². The first-order chi connectivity index (χ1) is 10.3. The quantitative estimate of drug-likeness (QED) is 0.814. The van der Waals surface area contributed by atoms with Gasteiger partial charge in [-0.05, 0) is 24.8 Å². The van der Waals surface area contributed by atoms with E-state index in [1.165, 1.54) is 5.56 Å². The Kier molecular flexibility index (Phi) is 6.70. The van der Waals surface area contributed by atoms with E-state index in [9.17, 15) is 9.90 Å². The lowest BCUT2D eigenvalue weighted by molar-refractivity contribution is -0.131. The van der Waals surface area contributed by atoms with E-state index in [1.54, 1.807) is 0 Å². The van der Waals surface area contributed by atoms with Gasteiger partial charge in [0.25, 0.3) is 0 Å². The highest BCUT2D eigenvalue weighted by Crippen LogP contribution is 2.11. The summed E-state index contributed by atoms with van der Waals surface area (Å²) in [6, 6.07) is 10.4. The van der Waals surface area contributed by atoms with E-state index in [4.69, 9.17) is 4.74 Å². The van der Waals surface area contributed by atoms with E-state index >= 15 is 0 Å². The van der Waals surface area contributed by atoms with Crippen LogP contribution in [0.25, 0.3) is 0 Å². The SMILES string of the molecule is O=C(CCCCc1ccccc1)N1CCOC[C@H](CO)C1. The van der Waals surface area contributed by atoms with Crippen molar-refractivity contribution < 1.29 is 14.6 Å². The van der Waals surface area contributed by atoms with Crippen LogP contribution >= 0.6 is 0 Å². The largest absolute Gasteiger partial charge is 0.396 e. The van der Waals surface area contributed by atoms with Gasteiger partial charge in [0, 0.05) is 32.0 Å². The number of hydrogen-bond donors (Lipinski definition) is 1. The van der Waals surface area contributed by atoms with Gasteiger partial charge in [-0.3, -0.25) is 4.79 Å². The molecule has 1 fully saturated rings. The van der Waals surface area contributed by atoms with Crippen LogP contribution in [0, 0.1) is 5.92 Å². The Balaban J connectivity index is 1.68. The number of benzene rings is 1. The summed E-state index contributed by atoms with van der Waals surface area (Å²) in [6.45, 7) is 2.47. The Labute approximate surface area is 126 Å². The smallest absolute Gasteiger partial charge is 0.222 e. The van der Waals surface area contributed by atoms with Crippen molar-refractivity contribution in [3.05, 3.63) is 35.9 Å². The van der Waals surface area contributed by atoms with Gasteiger partial charge in [0.15, 0.2) is 0 Å². The maximum absolute atomic E-state index is 12.2. The van der Waals surface area contributed by atoms with Gasteiger partial charge in [0.2, 0.25) is 5.91 Å². The third kappa shape index (κ3) is 5.48. The van der Waals surface area contributed by atoms with Gasteiger partial charge in [-0.15, -0.1) is 0 Å². The number of carbonyl (C=O) groups is 1. The molecule has 1 saturated heterocycles. The summed E-state index contributed by atoms with van der Waals surface area (Å²) in [6.07, 6.45) is 3.56. The van der Waals surface area contributed by atoms with Gasteiger partial charge in [0.1, 0.15) is 0 Å². The Hall–Kier alpha value is -1.39. The molecule has 0 aromatic heterocycles. The molecule has 1 heterocycles. The minimum Gasteiger partial charge on any atom is -0.396 e. The Morgan fingerprint density at radius 3 is 2.86 bits per heavy atom. The number of amides is 1. The van der Waals surface area contributed by atoms with Crippen LogP contribution in [0.15, 0.2) is 30.3 Å². The topological polar surface area (TPSA) is 49.8 Å². The maximum atomic E-state index is 12.2. The van der Waals surface area contributed by atoms with Gasteiger partial charge in [-0.25, -0.2) is 0 Å². The molecule has 0 bridgehead atoms. The molecule has 1 aliphatic rings. The fraction of sp³-hybridized carbons (Fsp3) is 0.588. The third-order valence-corrected chi connectivity index (χ3v) is 3.90. The molecule has 0 aliphatic carbocycles. The highest BCUT2D eigenvalue weighted by Gasteiger charge is 2.21. The van der Waals surface area contributed by atoms with E-state index in [1.807, 2.05) is 23.1 Å². The van der Waals surface area contributed by atoms with E-state index in [2.05, 4.69) is 12.1 Å². The van der Waals surface area contributed by atoms with Crippen LogP contribution in [0.5, 0.6) is 0 Å². The number of unbranched alkanes of at least 4 members (excludes halogenated alkanes) is 1. The molecule has 116 valence electrons. The summed E-state index contributed by atoms with van der Waals surface area (Å²) in [5.41, 5.74) is 1.33. The average Bonchev–Trinajstić information content (AvgIpc) is 2.78. The van der Waals surface area contributed by atoms with Crippen molar-refractivity contribution in [3.63, 3.8) is 0 Å². The van der Waals surface area contributed by atoms with Gasteiger partial charge < -0.3 is 14.7 Å². The van der Waals surface area contributed by atoms with Crippen molar-refractivity contribution in [2.75, 3.05) is 32.9 Å². The molecule has 1 atom stereocenters. The number of aliphatic hydroxyl groups excluding tert-OH is 1. The van der Waals surface area contributed by atoms with E-state index in [0.29, 0.717) is 32.7 Å². The zero-order valence-corrected chi connectivity index (χ0v) is 12.5. The highest BCUT2D eigenvalue weighted by molar-refractivity contribution is 5.76. The molecule has 1 amide bonds. The normalized spacial score (nSPS) is 19.3. The highest BCUT2D eigenvalue weighted by atomic mass is 16.5. The number of aliphatic hydroxyl groups is 1.